The summed E-state index contributed by atoms with van der Waals surface area (Å²) in [6, 6.07) is 0. The number of aryl methyl sites for hydroxylation is 1. The summed E-state index contributed by atoms with van der Waals surface area (Å²) in [5.74, 6) is 0. The standard InChI is InChI=1S/C13H25N3/c1-2-3-4-5-6-8-14-9-7-11-16-12-10-15-13-16/h10,12-14H,2-9,11H2,1H3. The van der Waals surface area contributed by atoms with Gasteiger partial charge in [0.15, 0.2) is 0 Å². The van der Waals surface area contributed by atoms with Crippen LogP contribution in [0.1, 0.15) is 45.4 Å². The van der Waals surface area contributed by atoms with Crippen LogP contribution in [0.4, 0.5) is 0 Å². The van der Waals surface area contributed by atoms with Crippen LogP contribution in [-0.2, 0) is 6.54 Å². The van der Waals surface area contributed by atoms with Gasteiger partial charge >= 0.3 is 0 Å². The van der Waals surface area contributed by atoms with E-state index in [0.29, 0.717) is 0 Å². The number of aromatic nitrogens is 2. The van der Waals surface area contributed by atoms with E-state index in [2.05, 4.69) is 21.8 Å². The van der Waals surface area contributed by atoms with Gasteiger partial charge < -0.3 is 9.88 Å². The van der Waals surface area contributed by atoms with E-state index in [4.69, 9.17) is 0 Å². The number of nitrogens with one attached hydrogen (secondary N) is 1. The molecule has 92 valence electrons. The van der Waals surface area contributed by atoms with Gasteiger partial charge in [0.1, 0.15) is 0 Å². The van der Waals surface area contributed by atoms with E-state index in [-0.39, 0.29) is 0 Å². The summed E-state index contributed by atoms with van der Waals surface area (Å²) >= 11 is 0. The van der Waals surface area contributed by atoms with E-state index in [1.54, 1.807) is 0 Å². The van der Waals surface area contributed by atoms with E-state index >= 15 is 0 Å². The summed E-state index contributed by atoms with van der Waals surface area (Å²) in [6.07, 6.45) is 13.7. The summed E-state index contributed by atoms with van der Waals surface area (Å²) in [5, 5.41) is 3.49. The van der Waals surface area contributed by atoms with Gasteiger partial charge in [-0.05, 0) is 25.9 Å². The van der Waals surface area contributed by atoms with Crippen LogP contribution in [0.25, 0.3) is 0 Å². The van der Waals surface area contributed by atoms with Crippen LogP contribution in [0.3, 0.4) is 0 Å². The summed E-state index contributed by atoms with van der Waals surface area (Å²) in [6.45, 7) is 5.62. The predicted molar refractivity (Wildman–Crippen MR) is 68.5 cm³/mol. The van der Waals surface area contributed by atoms with Crippen LogP contribution in [0, 0.1) is 0 Å². The van der Waals surface area contributed by atoms with Gasteiger partial charge in [-0.25, -0.2) is 4.98 Å². The van der Waals surface area contributed by atoms with Crippen molar-refractivity contribution in [2.24, 2.45) is 0 Å². The number of imidazole rings is 1. The third-order valence-corrected chi connectivity index (χ3v) is 2.79. The third kappa shape index (κ3) is 6.62. The topological polar surface area (TPSA) is 29.9 Å². The molecule has 3 heteroatoms. The number of nitrogens with zero attached hydrogens (tertiary/aromatic N) is 2. The summed E-state index contributed by atoms with van der Waals surface area (Å²) in [7, 11) is 0. The zero-order valence-corrected chi connectivity index (χ0v) is 10.5. The van der Waals surface area contributed by atoms with Gasteiger partial charge in [-0.15, -0.1) is 0 Å². The molecule has 0 bridgehead atoms. The Morgan fingerprint density at radius 2 is 1.88 bits per heavy atom. The second-order valence-electron chi connectivity index (χ2n) is 4.32. The Kier molecular flexibility index (Phi) is 7.78. The maximum absolute atomic E-state index is 4.02. The Labute approximate surface area is 99.3 Å². The summed E-state index contributed by atoms with van der Waals surface area (Å²) in [5.41, 5.74) is 0. The number of hydrogen-bond acceptors (Lipinski definition) is 2. The second-order valence-corrected chi connectivity index (χ2v) is 4.32. The largest absolute Gasteiger partial charge is 0.337 e. The van der Waals surface area contributed by atoms with Crippen LogP contribution in [0.2, 0.25) is 0 Å². The monoisotopic (exact) mass is 223 g/mol. The van der Waals surface area contributed by atoms with Crippen molar-refractivity contribution in [1.82, 2.24) is 14.9 Å². The lowest BCUT2D eigenvalue weighted by molar-refractivity contribution is 0.549. The van der Waals surface area contributed by atoms with Crippen molar-refractivity contribution in [3.8, 4) is 0 Å². The van der Waals surface area contributed by atoms with Crippen molar-refractivity contribution >= 4 is 0 Å². The fourth-order valence-electron chi connectivity index (χ4n) is 1.78. The maximum atomic E-state index is 4.02. The van der Waals surface area contributed by atoms with Gasteiger partial charge in [0, 0.05) is 18.9 Å². The number of unbranched alkanes of at least 4 members (excludes halogenated alkanes) is 4. The lowest BCUT2D eigenvalue weighted by Crippen LogP contribution is -2.18. The van der Waals surface area contributed by atoms with Crippen molar-refractivity contribution in [3.05, 3.63) is 18.7 Å². The molecular formula is C13H25N3. The van der Waals surface area contributed by atoms with Gasteiger partial charge in [0.05, 0.1) is 6.33 Å². The molecule has 0 aliphatic rings. The zero-order chi connectivity index (χ0) is 11.5. The van der Waals surface area contributed by atoms with Gasteiger partial charge in [-0.1, -0.05) is 32.6 Å². The van der Waals surface area contributed by atoms with Crippen molar-refractivity contribution in [2.45, 2.75) is 52.0 Å². The molecule has 0 aliphatic heterocycles. The molecule has 0 unspecified atom stereocenters. The molecule has 0 saturated carbocycles. The van der Waals surface area contributed by atoms with Crippen LogP contribution >= 0.6 is 0 Å². The lowest BCUT2D eigenvalue weighted by atomic mass is 10.1. The molecule has 0 amide bonds. The second kappa shape index (κ2) is 9.40. The molecule has 3 nitrogen and oxygen atoms in total. The Morgan fingerprint density at radius 1 is 1.06 bits per heavy atom. The maximum Gasteiger partial charge on any atom is 0.0945 e. The minimum atomic E-state index is 1.07. The highest BCUT2D eigenvalue weighted by Gasteiger charge is 1.91. The molecule has 0 saturated heterocycles. The average Bonchev–Trinajstić information content (AvgIpc) is 2.80. The molecule has 1 heterocycles. The molecule has 16 heavy (non-hydrogen) atoms. The highest BCUT2D eigenvalue weighted by Crippen LogP contribution is 2.01. The van der Waals surface area contributed by atoms with Gasteiger partial charge in [0.25, 0.3) is 0 Å². The third-order valence-electron chi connectivity index (χ3n) is 2.79. The van der Waals surface area contributed by atoms with Crippen LogP contribution in [-0.4, -0.2) is 22.6 Å². The minimum absolute atomic E-state index is 1.07. The molecule has 1 aromatic heterocycles. The van der Waals surface area contributed by atoms with E-state index in [1.807, 2.05) is 18.7 Å². The van der Waals surface area contributed by atoms with E-state index in [0.717, 1.165) is 13.1 Å². The SMILES string of the molecule is CCCCCCCNCCCn1ccnc1. The first-order chi connectivity index (χ1) is 7.93. The molecule has 1 aromatic rings. The highest BCUT2D eigenvalue weighted by atomic mass is 15.0. The molecule has 0 spiro atoms. The van der Waals surface area contributed by atoms with E-state index < -0.39 is 0 Å². The van der Waals surface area contributed by atoms with Gasteiger partial charge in [-0.2, -0.15) is 0 Å². The normalized spacial score (nSPS) is 10.8. The first kappa shape index (κ1) is 13.2. The first-order valence-corrected chi connectivity index (χ1v) is 6.60. The average molecular weight is 223 g/mol. The summed E-state index contributed by atoms with van der Waals surface area (Å²) < 4.78 is 2.13. The van der Waals surface area contributed by atoms with Gasteiger partial charge in [-0.3, -0.25) is 0 Å². The lowest BCUT2D eigenvalue weighted by Gasteiger charge is -2.05. The van der Waals surface area contributed by atoms with Crippen LogP contribution < -0.4 is 5.32 Å². The molecule has 0 fully saturated rings. The quantitative estimate of drug-likeness (QED) is 0.618. The van der Waals surface area contributed by atoms with Crippen molar-refractivity contribution in [3.63, 3.8) is 0 Å². The number of rotatable bonds is 10. The predicted octanol–water partition coefficient (Wildman–Crippen LogP) is 2.83. The summed E-state index contributed by atoms with van der Waals surface area (Å²) in [4.78, 5) is 4.02. The Bertz CT molecular complexity index is 231. The first-order valence-electron chi connectivity index (χ1n) is 6.60. The molecule has 0 aromatic carbocycles. The Hall–Kier alpha value is -0.830. The van der Waals surface area contributed by atoms with Crippen molar-refractivity contribution in [1.29, 1.82) is 0 Å². The fraction of sp³-hybridized carbons (Fsp3) is 0.769. The molecule has 1 N–H and O–H groups in total. The van der Waals surface area contributed by atoms with Gasteiger partial charge in [0.2, 0.25) is 0 Å². The molecule has 1 rings (SSSR count). The van der Waals surface area contributed by atoms with Crippen molar-refractivity contribution < 1.29 is 0 Å². The Balaban J connectivity index is 1.78. The highest BCUT2D eigenvalue weighted by molar-refractivity contribution is 4.73. The zero-order valence-electron chi connectivity index (χ0n) is 10.5. The van der Waals surface area contributed by atoms with E-state index in [9.17, 15) is 0 Å². The number of hydrogen-bond donors (Lipinski definition) is 1. The molecule has 0 atom stereocenters. The Morgan fingerprint density at radius 3 is 2.62 bits per heavy atom. The smallest absolute Gasteiger partial charge is 0.0945 e. The van der Waals surface area contributed by atoms with Crippen LogP contribution in [0.15, 0.2) is 18.7 Å². The van der Waals surface area contributed by atoms with Crippen LogP contribution in [0.5, 0.6) is 0 Å². The fourth-order valence-corrected chi connectivity index (χ4v) is 1.78. The molecule has 0 aliphatic carbocycles. The minimum Gasteiger partial charge on any atom is -0.337 e. The van der Waals surface area contributed by atoms with E-state index in [1.165, 1.54) is 45.1 Å². The molecule has 0 radical (unpaired) electrons. The van der Waals surface area contributed by atoms with Crippen molar-refractivity contribution in [2.75, 3.05) is 13.1 Å². The molecular weight excluding hydrogens is 198 g/mol.